The van der Waals surface area contributed by atoms with Crippen molar-refractivity contribution in [3.8, 4) is 11.3 Å². The number of nitrogens with zero attached hydrogens (tertiary/aromatic N) is 3. The first-order chi connectivity index (χ1) is 12.8. The van der Waals surface area contributed by atoms with Gasteiger partial charge in [0.2, 0.25) is 5.91 Å². The fourth-order valence-electron chi connectivity index (χ4n) is 3.37. The van der Waals surface area contributed by atoms with E-state index in [1.807, 2.05) is 22.3 Å². The quantitative estimate of drug-likeness (QED) is 0.707. The molecule has 0 bridgehead atoms. The van der Waals surface area contributed by atoms with Crippen LogP contribution in [0, 0.1) is 0 Å². The van der Waals surface area contributed by atoms with Crippen molar-refractivity contribution >= 4 is 22.4 Å². The van der Waals surface area contributed by atoms with E-state index < -0.39 is 0 Å². The Balaban J connectivity index is 1.34. The Hall–Kier alpha value is -2.47. The van der Waals surface area contributed by atoms with Crippen LogP contribution >= 0.6 is 11.3 Å². The van der Waals surface area contributed by atoms with E-state index in [4.69, 9.17) is 0 Å². The largest absolute Gasteiger partial charge is 0.302 e. The first-order valence-electron chi connectivity index (χ1n) is 9.13. The first kappa shape index (κ1) is 17.0. The van der Waals surface area contributed by atoms with Crippen LogP contribution in [0.3, 0.4) is 0 Å². The highest BCUT2D eigenvalue weighted by Crippen LogP contribution is 2.29. The van der Waals surface area contributed by atoms with E-state index in [-0.39, 0.29) is 5.91 Å². The lowest BCUT2D eigenvalue weighted by atomic mass is 9.90. The Morgan fingerprint density at radius 1 is 1.23 bits per heavy atom. The van der Waals surface area contributed by atoms with E-state index in [9.17, 15) is 4.79 Å². The molecule has 134 valence electrons. The Morgan fingerprint density at radius 2 is 2.12 bits per heavy atom. The number of thiazole rings is 1. The summed E-state index contributed by atoms with van der Waals surface area (Å²) >= 11 is 1.48. The number of hydrogen-bond donors (Lipinski definition) is 1. The lowest BCUT2D eigenvalue weighted by molar-refractivity contribution is -0.116. The molecular weight excluding hydrogens is 344 g/mol. The molecule has 4 rings (SSSR count). The number of anilines is 1. The van der Waals surface area contributed by atoms with Crippen molar-refractivity contribution in [1.82, 2.24) is 14.8 Å². The van der Waals surface area contributed by atoms with E-state index in [2.05, 4.69) is 33.6 Å². The molecule has 1 aromatic carbocycles. The summed E-state index contributed by atoms with van der Waals surface area (Å²) in [6.45, 7) is 0.749. The van der Waals surface area contributed by atoms with Crippen molar-refractivity contribution in [1.29, 1.82) is 0 Å². The van der Waals surface area contributed by atoms with Gasteiger partial charge in [-0.15, -0.1) is 11.3 Å². The van der Waals surface area contributed by atoms with Gasteiger partial charge in [-0.25, -0.2) is 4.98 Å². The van der Waals surface area contributed by atoms with Crippen LogP contribution in [0.15, 0.2) is 42.0 Å². The average Bonchev–Trinajstić information content (AvgIpc) is 3.33. The van der Waals surface area contributed by atoms with Crippen molar-refractivity contribution in [3.05, 3.63) is 53.2 Å². The maximum atomic E-state index is 12.1. The summed E-state index contributed by atoms with van der Waals surface area (Å²) in [4.78, 5) is 16.7. The zero-order chi connectivity index (χ0) is 17.8. The molecule has 1 aliphatic carbocycles. The van der Waals surface area contributed by atoms with Crippen LogP contribution in [0.2, 0.25) is 0 Å². The lowest BCUT2D eigenvalue weighted by Gasteiger charge is -2.16. The minimum atomic E-state index is 0.00324. The van der Waals surface area contributed by atoms with Crippen LogP contribution in [0.1, 0.15) is 36.8 Å². The Morgan fingerprint density at radius 3 is 2.96 bits per heavy atom. The van der Waals surface area contributed by atoms with Gasteiger partial charge in [0.1, 0.15) is 0 Å². The number of carbonyl (C=O) groups excluding carboxylic acids is 1. The molecule has 0 saturated heterocycles. The third-order valence-corrected chi connectivity index (χ3v) is 5.50. The standard InChI is InChI=1S/C20H22N4OS/c25-19(7-3-11-24-12-4-10-21-24)23-20-22-18(14-26-20)17-9-8-15-5-1-2-6-16(15)13-17/h4,8-10,12-14H,1-3,5-7,11H2,(H,22,23,25). The summed E-state index contributed by atoms with van der Waals surface area (Å²) in [5.41, 5.74) is 5.00. The highest BCUT2D eigenvalue weighted by molar-refractivity contribution is 7.14. The number of nitrogens with one attached hydrogen (secondary N) is 1. The number of benzene rings is 1. The zero-order valence-corrected chi connectivity index (χ0v) is 15.5. The summed E-state index contributed by atoms with van der Waals surface area (Å²) in [7, 11) is 0. The van der Waals surface area contributed by atoms with Crippen LogP contribution in [-0.2, 0) is 24.2 Å². The highest BCUT2D eigenvalue weighted by atomic mass is 32.1. The predicted octanol–water partition coefficient (Wildman–Crippen LogP) is 4.30. The minimum Gasteiger partial charge on any atom is -0.302 e. The van der Waals surface area contributed by atoms with Gasteiger partial charge in [0.25, 0.3) is 0 Å². The number of amides is 1. The minimum absolute atomic E-state index is 0.00324. The molecule has 0 fully saturated rings. The number of aryl methyl sites for hydroxylation is 3. The van der Waals surface area contributed by atoms with Gasteiger partial charge >= 0.3 is 0 Å². The second-order valence-electron chi connectivity index (χ2n) is 6.65. The van der Waals surface area contributed by atoms with Crippen LogP contribution < -0.4 is 5.32 Å². The Kier molecular flexibility index (Phi) is 5.11. The van der Waals surface area contributed by atoms with E-state index in [1.54, 1.807) is 6.20 Å². The van der Waals surface area contributed by atoms with Crippen molar-refractivity contribution in [3.63, 3.8) is 0 Å². The molecular formula is C20H22N4OS. The van der Waals surface area contributed by atoms with Gasteiger partial charge in [-0.2, -0.15) is 5.10 Å². The second-order valence-corrected chi connectivity index (χ2v) is 7.51. The van der Waals surface area contributed by atoms with Gasteiger partial charge in [-0.05, 0) is 55.4 Å². The van der Waals surface area contributed by atoms with Gasteiger partial charge in [-0.3, -0.25) is 9.48 Å². The molecule has 3 aromatic rings. The fourth-order valence-corrected chi connectivity index (χ4v) is 4.11. The molecule has 0 radical (unpaired) electrons. The summed E-state index contributed by atoms with van der Waals surface area (Å²) in [6.07, 6.45) is 9.79. The number of fused-ring (bicyclic) bond motifs is 1. The van der Waals surface area contributed by atoms with E-state index in [0.29, 0.717) is 11.6 Å². The summed E-state index contributed by atoms with van der Waals surface area (Å²) in [6, 6.07) is 8.53. The smallest absolute Gasteiger partial charge is 0.226 e. The summed E-state index contributed by atoms with van der Waals surface area (Å²) in [5.74, 6) is 0.00324. The zero-order valence-electron chi connectivity index (χ0n) is 14.6. The number of aromatic nitrogens is 3. The molecule has 1 aliphatic rings. The molecule has 0 spiro atoms. The molecule has 0 atom stereocenters. The molecule has 0 aliphatic heterocycles. The second kappa shape index (κ2) is 7.83. The third-order valence-electron chi connectivity index (χ3n) is 4.75. The maximum absolute atomic E-state index is 12.1. The molecule has 26 heavy (non-hydrogen) atoms. The monoisotopic (exact) mass is 366 g/mol. The van der Waals surface area contributed by atoms with Crippen molar-refractivity contribution in [2.24, 2.45) is 0 Å². The summed E-state index contributed by atoms with van der Waals surface area (Å²) < 4.78 is 1.84. The molecule has 1 amide bonds. The Bertz CT molecular complexity index is 885. The fraction of sp³-hybridized carbons (Fsp3) is 0.350. The molecule has 5 nitrogen and oxygen atoms in total. The van der Waals surface area contributed by atoms with E-state index >= 15 is 0 Å². The average molecular weight is 366 g/mol. The van der Waals surface area contributed by atoms with Gasteiger partial charge in [0.05, 0.1) is 5.69 Å². The predicted molar refractivity (Wildman–Crippen MR) is 104 cm³/mol. The van der Waals surface area contributed by atoms with E-state index in [1.165, 1.54) is 41.7 Å². The van der Waals surface area contributed by atoms with Gasteiger partial charge in [0, 0.05) is 36.3 Å². The number of rotatable bonds is 6. The van der Waals surface area contributed by atoms with Gasteiger partial charge in [-0.1, -0.05) is 12.1 Å². The third kappa shape index (κ3) is 4.02. The molecule has 0 unspecified atom stereocenters. The lowest BCUT2D eigenvalue weighted by Crippen LogP contribution is -2.12. The van der Waals surface area contributed by atoms with Gasteiger partial charge in [0.15, 0.2) is 5.13 Å². The molecule has 6 heteroatoms. The van der Waals surface area contributed by atoms with Crippen molar-refractivity contribution in [2.75, 3.05) is 5.32 Å². The SMILES string of the molecule is O=C(CCCn1cccn1)Nc1nc(-c2ccc3c(c2)CCCC3)cs1. The molecule has 2 heterocycles. The molecule has 0 saturated carbocycles. The molecule has 1 N–H and O–H groups in total. The van der Waals surface area contributed by atoms with Crippen LogP contribution in [0.5, 0.6) is 0 Å². The van der Waals surface area contributed by atoms with Crippen LogP contribution in [-0.4, -0.2) is 20.7 Å². The number of carbonyl (C=O) groups is 1. The van der Waals surface area contributed by atoms with Crippen LogP contribution in [0.4, 0.5) is 5.13 Å². The maximum Gasteiger partial charge on any atom is 0.226 e. The van der Waals surface area contributed by atoms with Crippen LogP contribution in [0.25, 0.3) is 11.3 Å². The number of hydrogen-bond acceptors (Lipinski definition) is 4. The first-order valence-corrected chi connectivity index (χ1v) is 10.0. The normalized spacial score (nSPS) is 13.4. The molecule has 2 aromatic heterocycles. The van der Waals surface area contributed by atoms with Gasteiger partial charge < -0.3 is 5.32 Å². The topological polar surface area (TPSA) is 59.8 Å². The van der Waals surface area contributed by atoms with Crippen molar-refractivity contribution in [2.45, 2.75) is 45.1 Å². The highest BCUT2D eigenvalue weighted by Gasteiger charge is 2.12. The Labute approximate surface area is 157 Å². The summed E-state index contributed by atoms with van der Waals surface area (Å²) in [5, 5.41) is 9.74. The van der Waals surface area contributed by atoms with Crippen molar-refractivity contribution < 1.29 is 4.79 Å². The van der Waals surface area contributed by atoms with E-state index in [0.717, 1.165) is 30.6 Å².